The molecular formula is C18H19OP. The van der Waals surface area contributed by atoms with Gasteiger partial charge in [-0.25, -0.2) is 0 Å². The summed E-state index contributed by atoms with van der Waals surface area (Å²) >= 11 is 0. The van der Waals surface area contributed by atoms with E-state index in [2.05, 4.69) is 48.5 Å². The number of hydrogen-bond acceptors (Lipinski definition) is 1. The van der Waals surface area contributed by atoms with Gasteiger partial charge in [0.2, 0.25) is 0 Å². The minimum absolute atomic E-state index is 0.249. The van der Waals surface area contributed by atoms with Crippen LogP contribution < -0.4 is 0 Å². The van der Waals surface area contributed by atoms with Crippen LogP contribution in [0.5, 0.6) is 0 Å². The molecule has 0 heterocycles. The number of benzene rings is 2. The Morgan fingerprint density at radius 2 is 1.55 bits per heavy atom. The van der Waals surface area contributed by atoms with Crippen LogP contribution in [0.4, 0.5) is 0 Å². The van der Waals surface area contributed by atoms with Gasteiger partial charge in [-0.1, -0.05) is 73.5 Å². The molecule has 2 unspecified atom stereocenters. The Morgan fingerprint density at radius 1 is 0.900 bits per heavy atom. The van der Waals surface area contributed by atoms with Crippen molar-refractivity contribution in [2.45, 2.75) is 36.8 Å². The lowest BCUT2D eigenvalue weighted by Gasteiger charge is -2.40. The largest absolute Gasteiger partial charge is 0.274 e. The van der Waals surface area contributed by atoms with Gasteiger partial charge in [0.1, 0.15) is 0 Å². The van der Waals surface area contributed by atoms with Crippen LogP contribution in [-0.4, -0.2) is 0 Å². The lowest BCUT2D eigenvalue weighted by molar-refractivity contribution is 0.340. The third-order valence-electron chi connectivity index (χ3n) is 4.52. The maximum Gasteiger partial charge on any atom is 0.167 e. The minimum Gasteiger partial charge on any atom is -0.274 e. The second-order valence-electron chi connectivity index (χ2n) is 5.59. The maximum absolute atomic E-state index is 12.2. The Balaban J connectivity index is 2.09. The normalized spacial score (nSPS) is 26.5. The minimum atomic E-state index is -0.249. The fraction of sp³-hybridized carbons (Fsp3) is 0.333. The molecule has 0 radical (unpaired) electrons. The van der Waals surface area contributed by atoms with E-state index in [1.54, 1.807) is 0 Å². The quantitative estimate of drug-likeness (QED) is 0.676. The molecule has 1 fully saturated rings. The van der Waals surface area contributed by atoms with Gasteiger partial charge in [0.25, 0.3) is 0 Å². The van der Waals surface area contributed by atoms with Crippen LogP contribution in [0.3, 0.4) is 0 Å². The molecule has 0 N–H and O–H groups in total. The van der Waals surface area contributed by atoms with Gasteiger partial charge in [0.05, 0.1) is 5.16 Å². The molecule has 0 saturated heterocycles. The molecule has 0 bridgehead atoms. The Kier molecular flexibility index (Phi) is 3.98. The zero-order valence-corrected chi connectivity index (χ0v) is 12.4. The first-order valence-corrected chi connectivity index (χ1v) is 8.13. The molecule has 2 atom stereocenters. The zero-order chi connectivity index (χ0) is 13.8. The third kappa shape index (κ3) is 2.31. The Hall–Kier alpha value is -1.46. The van der Waals surface area contributed by atoms with E-state index in [9.17, 15) is 4.57 Å². The highest BCUT2D eigenvalue weighted by atomic mass is 31.1. The predicted octanol–water partition coefficient (Wildman–Crippen LogP) is 5.53. The average molecular weight is 282 g/mol. The molecule has 1 aliphatic carbocycles. The molecule has 2 aromatic carbocycles. The highest BCUT2D eigenvalue weighted by molar-refractivity contribution is 7.25. The first-order valence-electron chi connectivity index (χ1n) is 7.32. The van der Waals surface area contributed by atoms with E-state index in [4.69, 9.17) is 0 Å². The van der Waals surface area contributed by atoms with Crippen LogP contribution in [-0.2, 0) is 9.72 Å². The Bertz CT molecular complexity index is 566. The summed E-state index contributed by atoms with van der Waals surface area (Å²) in [5, 5.41) is -0.249. The molecule has 2 aromatic rings. The second kappa shape index (κ2) is 5.89. The van der Waals surface area contributed by atoms with Crippen molar-refractivity contribution in [3.63, 3.8) is 0 Å². The van der Waals surface area contributed by atoms with E-state index in [1.807, 2.05) is 12.1 Å². The van der Waals surface area contributed by atoms with Crippen molar-refractivity contribution in [1.82, 2.24) is 0 Å². The number of rotatable bonds is 3. The lowest BCUT2D eigenvalue weighted by atomic mass is 9.71. The van der Waals surface area contributed by atoms with Gasteiger partial charge in [-0.2, -0.15) is 0 Å². The summed E-state index contributed by atoms with van der Waals surface area (Å²) < 4.78 is 12.2. The molecule has 1 saturated carbocycles. The van der Waals surface area contributed by atoms with E-state index in [1.165, 1.54) is 17.5 Å². The maximum atomic E-state index is 12.2. The smallest absolute Gasteiger partial charge is 0.167 e. The van der Waals surface area contributed by atoms with Crippen LogP contribution in [0.1, 0.15) is 42.7 Å². The highest BCUT2D eigenvalue weighted by Gasteiger charge is 2.43. The fourth-order valence-corrected chi connectivity index (χ4v) is 4.43. The summed E-state index contributed by atoms with van der Waals surface area (Å²) in [4.78, 5) is 0. The van der Waals surface area contributed by atoms with Gasteiger partial charge in [-0.05, 0) is 24.0 Å². The third-order valence-corrected chi connectivity index (χ3v) is 5.63. The van der Waals surface area contributed by atoms with E-state index in [0.29, 0.717) is 5.92 Å². The lowest BCUT2D eigenvalue weighted by Crippen LogP contribution is -2.31. The van der Waals surface area contributed by atoms with Crippen molar-refractivity contribution < 1.29 is 4.57 Å². The molecule has 20 heavy (non-hydrogen) atoms. The first kappa shape index (κ1) is 13.5. The van der Waals surface area contributed by atoms with Gasteiger partial charge in [0.15, 0.2) is 8.46 Å². The molecule has 102 valence electrons. The molecule has 1 aliphatic rings. The van der Waals surface area contributed by atoms with Gasteiger partial charge < -0.3 is 0 Å². The Morgan fingerprint density at radius 3 is 2.20 bits per heavy atom. The summed E-state index contributed by atoms with van der Waals surface area (Å²) in [6.45, 7) is 0. The number of hydrogen-bond donors (Lipinski definition) is 0. The molecular weight excluding hydrogens is 263 g/mol. The summed E-state index contributed by atoms with van der Waals surface area (Å²) in [7, 11) is 0.255. The van der Waals surface area contributed by atoms with Gasteiger partial charge in [0, 0.05) is 5.92 Å². The molecule has 2 heteroatoms. The predicted molar refractivity (Wildman–Crippen MR) is 83.4 cm³/mol. The van der Waals surface area contributed by atoms with E-state index in [0.717, 1.165) is 19.3 Å². The van der Waals surface area contributed by atoms with Crippen LogP contribution in [0, 0.1) is 0 Å². The molecule has 0 amide bonds. The summed E-state index contributed by atoms with van der Waals surface area (Å²) in [6, 6.07) is 21.0. The first-order chi connectivity index (χ1) is 9.87. The van der Waals surface area contributed by atoms with Gasteiger partial charge in [-0.15, -0.1) is 0 Å². The molecule has 1 nitrogen and oxygen atoms in total. The van der Waals surface area contributed by atoms with E-state index in [-0.39, 0.29) is 13.6 Å². The van der Waals surface area contributed by atoms with Crippen molar-refractivity contribution in [2.24, 2.45) is 0 Å². The summed E-state index contributed by atoms with van der Waals surface area (Å²) in [6.07, 6.45) is 4.51. The molecule has 0 aliphatic heterocycles. The summed E-state index contributed by atoms with van der Waals surface area (Å²) in [5.41, 5.74) is 2.53. The topological polar surface area (TPSA) is 17.1 Å². The van der Waals surface area contributed by atoms with Crippen molar-refractivity contribution in [1.29, 1.82) is 0 Å². The van der Waals surface area contributed by atoms with Crippen LogP contribution in [0.15, 0.2) is 60.7 Å². The summed E-state index contributed by atoms with van der Waals surface area (Å²) in [5.74, 6) is 0.346. The monoisotopic (exact) mass is 282 g/mol. The zero-order valence-electron chi connectivity index (χ0n) is 11.5. The van der Waals surface area contributed by atoms with Crippen LogP contribution in [0.25, 0.3) is 0 Å². The van der Waals surface area contributed by atoms with E-state index >= 15 is 0 Å². The van der Waals surface area contributed by atoms with E-state index < -0.39 is 0 Å². The average Bonchev–Trinajstić information content (AvgIpc) is 2.56. The van der Waals surface area contributed by atoms with Gasteiger partial charge >= 0.3 is 0 Å². The van der Waals surface area contributed by atoms with Crippen LogP contribution >= 0.6 is 8.46 Å². The molecule has 3 rings (SSSR count). The fourth-order valence-electron chi connectivity index (χ4n) is 3.52. The SMILES string of the molecule is O=PC1(c2ccccc2)CCCCC1c1ccccc1. The second-order valence-corrected chi connectivity index (χ2v) is 6.57. The van der Waals surface area contributed by atoms with Crippen molar-refractivity contribution in [3.05, 3.63) is 71.8 Å². The molecule has 0 spiro atoms. The molecule has 0 aromatic heterocycles. The van der Waals surface area contributed by atoms with Gasteiger partial charge in [-0.3, -0.25) is 4.57 Å². The van der Waals surface area contributed by atoms with Crippen LogP contribution in [0.2, 0.25) is 0 Å². The van der Waals surface area contributed by atoms with Crippen molar-refractivity contribution >= 4 is 8.46 Å². The van der Waals surface area contributed by atoms with Crippen molar-refractivity contribution in [2.75, 3.05) is 0 Å². The van der Waals surface area contributed by atoms with Crippen molar-refractivity contribution in [3.8, 4) is 0 Å². The standard InChI is InChI=1S/C18H19OP/c19-20-18(16-11-5-2-6-12-16)14-8-7-13-17(18)15-9-3-1-4-10-15/h1-6,9-12,17H,7-8,13-14H2. The Labute approximate surface area is 122 Å². The highest BCUT2D eigenvalue weighted by Crippen LogP contribution is 2.55.